The maximum absolute atomic E-state index is 14.0. The number of halogens is 1. The summed E-state index contributed by atoms with van der Waals surface area (Å²) < 4.78 is 47.2. The molecule has 0 aliphatic rings. The van der Waals surface area contributed by atoms with Gasteiger partial charge in [0, 0.05) is 17.6 Å². The molecule has 0 fully saturated rings. The first-order valence-corrected chi connectivity index (χ1v) is 15.4. The summed E-state index contributed by atoms with van der Waals surface area (Å²) in [4.78, 5) is 0.415. The molecule has 204 valence electrons. The van der Waals surface area contributed by atoms with E-state index < -0.39 is 21.6 Å². The van der Waals surface area contributed by atoms with Crippen LogP contribution >= 0.6 is 15.9 Å². The molecule has 0 spiro atoms. The van der Waals surface area contributed by atoms with Gasteiger partial charge in [0.25, 0.3) is 0 Å². The van der Waals surface area contributed by atoms with Crippen LogP contribution in [-0.2, 0) is 34.6 Å². The van der Waals surface area contributed by atoms with E-state index in [1.165, 1.54) is 5.56 Å². The Morgan fingerprint density at radius 1 is 0.718 bits per heavy atom. The second kappa shape index (κ2) is 13.9. The van der Waals surface area contributed by atoms with E-state index in [0.717, 1.165) is 43.4 Å². The number of hydrogen-bond donors (Lipinski definition) is 0. The van der Waals surface area contributed by atoms with Gasteiger partial charge >= 0.3 is 11.6 Å². The lowest BCUT2D eigenvalue weighted by Crippen LogP contribution is -2.33. The van der Waals surface area contributed by atoms with E-state index in [4.69, 9.17) is 8.42 Å². The number of nitrogens with zero attached hydrogens (tertiary/aromatic N) is 1. The van der Waals surface area contributed by atoms with Crippen molar-refractivity contribution >= 4 is 37.5 Å². The number of aryl methyl sites for hydroxylation is 4. The molecule has 0 atom stereocenters. The quantitative estimate of drug-likeness (QED) is 0.209. The van der Waals surface area contributed by atoms with Crippen molar-refractivity contribution in [1.29, 1.82) is 0 Å². The molecule has 0 aliphatic heterocycles. The zero-order valence-electron chi connectivity index (χ0n) is 22.5. The van der Waals surface area contributed by atoms with Gasteiger partial charge in [-0.05, 0) is 79.6 Å². The predicted octanol–water partition coefficient (Wildman–Crippen LogP) is 7.11. The average molecular weight is 627 g/mol. The zero-order chi connectivity index (χ0) is 28.6. The lowest BCUT2D eigenvalue weighted by Gasteiger charge is -2.25. The van der Waals surface area contributed by atoms with Crippen molar-refractivity contribution in [2.24, 2.45) is 0 Å². The summed E-state index contributed by atoms with van der Waals surface area (Å²) in [5, 5.41) is 0. The van der Waals surface area contributed by atoms with Crippen LogP contribution in [0.3, 0.4) is 0 Å². The van der Waals surface area contributed by atoms with Gasteiger partial charge in [0.2, 0.25) is 10.0 Å². The third kappa shape index (κ3) is 8.29. The van der Waals surface area contributed by atoms with Crippen LogP contribution in [0.1, 0.15) is 33.4 Å². The second-order valence-electron chi connectivity index (χ2n) is 9.58. The Balaban J connectivity index is 0.00000134. The Morgan fingerprint density at radius 2 is 1.33 bits per heavy atom. The molecule has 0 heterocycles. The summed E-state index contributed by atoms with van der Waals surface area (Å²) in [6.07, 6.45) is 0.629. The van der Waals surface area contributed by atoms with Crippen LogP contribution in [0.25, 0.3) is 11.1 Å². The van der Waals surface area contributed by atoms with Gasteiger partial charge in [0.05, 0.1) is 4.90 Å². The van der Waals surface area contributed by atoms with Gasteiger partial charge in [0.15, 0.2) is 0 Å². The molecule has 0 saturated carbocycles. The maximum Gasteiger partial charge on any atom is 0.335 e. The molecule has 0 bridgehead atoms. The standard InChI is InChI=1S/C31H32BrNO2S.O2S/c1-22-7-5-9-29(19-22)28-13-11-27(12-14-28)21-33(16-15-26-8-6-10-30(32)20-26)36(34,35)31-24(3)17-23(2)18-25(31)4;1-3-2/h5-14,17-20H,15-16,21H2,1-4H3;. The smallest absolute Gasteiger partial charge is 0.207 e. The molecule has 39 heavy (non-hydrogen) atoms. The Hall–Kier alpha value is -2.91. The normalized spacial score (nSPS) is 11.1. The highest BCUT2D eigenvalue weighted by Gasteiger charge is 2.28. The second-order valence-corrected chi connectivity index (χ2v) is 12.5. The first-order chi connectivity index (χ1) is 18.5. The summed E-state index contributed by atoms with van der Waals surface area (Å²) in [5.41, 5.74) is 8.19. The molecule has 8 heteroatoms. The summed E-state index contributed by atoms with van der Waals surface area (Å²) >= 11 is 2.77. The van der Waals surface area contributed by atoms with Gasteiger partial charge in [-0.25, -0.2) is 8.42 Å². The van der Waals surface area contributed by atoms with Crippen LogP contribution in [0, 0.1) is 27.7 Å². The summed E-state index contributed by atoms with van der Waals surface area (Å²) in [6.45, 7) is 8.56. The molecule has 0 radical (unpaired) electrons. The summed E-state index contributed by atoms with van der Waals surface area (Å²) in [7, 11) is -3.70. The maximum atomic E-state index is 14.0. The molecule has 0 aliphatic carbocycles. The van der Waals surface area contributed by atoms with E-state index >= 15 is 0 Å². The van der Waals surface area contributed by atoms with Gasteiger partial charge in [-0.1, -0.05) is 99.9 Å². The fourth-order valence-corrected chi connectivity index (χ4v) is 7.05. The summed E-state index contributed by atoms with van der Waals surface area (Å²) in [6, 6.07) is 28.6. The Morgan fingerprint density at radius 3 is 1.92 bits per heavy atom. The molecule has 0 amide bonds. The van der Waals surface area contributed by atoms with E-state index in [9.17, 15) is 8.42 Å². The summed E-state index contributed by atoms with van der Waals surface area (Å²) in [5.74, 6) is 0. The molecule has 0 aromatic heterocycles. The zero-order valence-corrected chi connectivity index (χ0v) is 25.7. The third-order valence-corrected chi connectivity index (χ3v) is 9.05. The van der Waals surface area contributed by atoms with E-state index in [1.807, 2.05) is 69.3 Å². The van der Waals surface area contributed by atoms with E-state index in [0.29, 0.717) is 24.4 Å². The fraction of sp³-hybridized carbons (Fsp3) is 0.226. The van der Waals surface area contributed by atoms with Crippen molar-refractivity contribution in [3.05, 3.63) is 123 Å². The lowest BCUT2D eigenvalue weighted by atomic mass is 10.0. The molecule has 0 saturated heterocycles. The minimum Gasteiger partial charge on any atom is -0.207 e. The van der Waals surface area contributed by atoms with Crippen molar-refractivity contribution in [1.82, 2.24) is 4.31 Å². The molecule has 0 unspecified atom stereocenters. The van der Waals surface area contributed by atoms with E-state index in [2.05, 4.69) is 59.3 Å². The van der Waals surface area contributed by atoms with Crippen molar-refractivity contribution in [3.63, 3.8) is 0 Å². The minimum absolute atomic E-state index is 0.317. The van der Waals surface area contributed by atoms with Crippen LogP contribution in [0.2, 0.25) is 0 Å². The van der Waals surface area contributed by atoms with Crippen molar-refractivity contribution in [3.8, 4) is 11.1 Å². The fourth-order valence-electron chi connectivity index (χ4n) is 4.76. The highest BCUT2D eigenvalue weighted by Crippen LogP contribution is 2.28. The van der Waals surface area contributed by atoms with Gasteiger partial charge < -0.3 is 0 Å². The molecule has 4 aromatic rings. The molecule has 0 N–H and O–H groups in total. The van der Waals surface area contributed by atoms with Crippen molar-refractivity contribution in [2.45, 2.75) is 45.6 Å². The minimum atomic E-state index is -3.70. The number of rotatable bonds is 8. The van der Waals surface area contributed by atoms with E-state index in [-0.39, 0.29) is 0 Å². The van der Waals surface area contributed by atoms with Gasteiger partial charge in [-0.3, -0.25) is 0 Å². The molecule has 5 nitrogen and oxygen atoms in total. The van der Waals surface area contributed by atoms with Crippen molar-refractivity contribution < 1.29 is 16.8 Å². The molecule has 4 rings (SSSR count). The first-order valence-electron chi connectivity index (χ1n) is 12.5. The number of benzene rings is 4. The van der Waals surface area contributed by atoms with Crippen molar-refractivity contribution in [2.75, 3.05) is 6.54 Å². The largest absolute Gasteiger partial charge is 0.335 e. The third-order valence-electron chi connectivity index (χ3n) is 6.41. The van der Waals surface area contributed by atoms with Gasteiger partial charge in [-0.2, -0.15) is 12.7 Å². The van der Waals surface area contributed by atoms with Crippen LogP contribution in [0.4, 0.5) is 0 Å². The van der Waals surface area contributed by atoms with Gasteiger partial charge in [0.1, 0.15) is 0 Å². The Kier molecular flexibility index (Phi) is 10.9. The van der Waals surface area contributed by atoms with Gasteiger partial charge in [-0.15, -0.1) is 0 Å². The van der Waals surface area contributed by atoms with Crippen LogP contribution in [0.15, 0.2) is 94.3 Å². The number of hydrogen-bond acceptors (Lipinski definition) is 4. The lowest BCUT2D eigenvalue weighted by molar-refractivity contribution is 0.409. The van der Waals surface area contributed by atoms with E-state index in [1.54, 1.807) is 4.31 Å². The molecule has 4 aromatic carbocycles. The van der Waals surface area contributed by atoms with Crippen LogP contribution < -0.4 is 0 Å². The highest BCUT2D eigenvalue weighted by atomic mass is 79.9. The SMILES string of the molecule is Cc1cccc(-c2ccc(CN(CCc3cccc(Br)c3)S(=O)(=O)c3c(C)cc(C)cc3C)cc2)c1.O=S=O. The van der Waals surface area contributed by atoms with Crippen LogP contribution in [0.5, 0.6) is 0 Å². The molecular weight excluding hydrogens is 594 g/mol. The topological polar surface area (TPSA) is 71.5 Å². The van der Waals surface area contributed by atoms with Crippen LogP contribution in [-0.4, -0.2) is 27.7 Å². The number of sulfonamides is 1. The molecular formula is C31H32BrNO4S2. The monoisotopic (exact) mass is 625 g/mol. The highest BCUT2D eigenvalue weighted by molar-refractivity contribution is 9.10. The Labute approximate surface area is 243 Å². The Bertz CT molecular complexity index is 1560. The predicted molar refractivity (Wildman–Crippen MR) is 162 cm³/mol. The first kappa shape index (κ1) is 30.6. The average Bonchev–Trinajstić information content (AvgIpc) is 2.86.